The van der Waals surface area contributed by atoms with Crippen LogP contribution in [0.4, 0.5) is 5.69 Å². The Bertz CT molecular complexity index is 553. The summed E-state index contributed by atoms with van der Waals surface area (Å²) in [5, 5.41) is 13.6. The molecular formula is C11H10ClN5O. The molecule has 3 rings (SSSR count). The molecule has 7 heteroatoms. The van der Waals surface area contributed by atoms with E-state index in [-0.39, 0.29) is 11.3 Å². The molecule has 0 radical (unpaired) electrons. The Morgan fingerprint density at radius 3 is 2.67 bits per heavy atom. The predicted molar refractivity (Wildman–Crippen MR) is 66.2 cm³/mol. The molecular weight excluding hydrogens is 254 g/mol. The summed E-state index contributed by atoms with van der Waals surface area (Å²) in [6.45, 7) is 0.557. The molecule has 2 heterocycles. The number of alkyl halides is 1. The SMILES string of the molecule is O=C1CC(Cl)CN1c1ccc(-c2nn[nH]n2)cc1. The average Bonchev–Trinajstić information content (AvgIpc) is 2.99. The van der Waals surface area contributed by atoms with Crippen LogP contribution in [0.2, 0.25) is 0 Å². The van der Waals surface area contributed by atoms with E-state index in [0.717, 1.165) is 11.3 Å². The lowest BCUT2D eigenvalue weighted by molar-refractivity contribution is -0.117. The van der Waals surface area contributed by atoms with Crippen LogP contribution in [0, 0.1) is 0 Å². The number of nitrogens with zero attached hydrogens (tertiary/aromatic N) is 4. The Morgan fingerprint density at radius 1 is 1.33 bits per heavy atom. The number of anilines is 1. The van der Waals surface area contributed by atoms with E-state index in [1.54, 1.807) is 4.90 Å². The van der Waals surface area contributed by atoms with Gasteiger partial charge in [-0.15, -0.1) is 21.8 Å². The van der Waals surface area contributed by atoms with Crippen LogP contribution in [-0.2, 0) is 4.79 Å². The summed E-state index contributed by atoms with van der Waals surface area (Å²) in [6.07, 6.45) is 0.397. The van der Waals surface area contributed by atoms with Crippen molar-refractivity contribution in [3.8, 4) is 11.4 Å². The summed E-state index contributed by atoms with van der Waals surface area (Å²) in [4.78, 5) is 13.4. The molecule has 1 atom stereocenters. The van der Waals surface area contributed by atoms with Gasteiger partial charge >= 0.3 is 0 Å². The van der Waals surface area contributed by atoms with E-state index in [9.17, 15) is 4.79 Å². The fourth-order valence-corrected chi connectivity index (χ4v) is 2.26. The zero-order valence-electron chi connectivity index (χ0n) is 9.38. The second-order valence-electron chi connectivity index (χ2n) is 4.09. The number of aromatic amines is 1. The smallest absolute Gasteiger partial charge is 0.228 e. The molecule has 92 valence electrons. The fraction of sp³-hybridized carbons (Fsp3) is 0.273. The zero-order chi connectivity index (χ0) is 12.5. The third kappa shape index (κ3) is 1.95. The molecule has 1 N–H and O–H groups in total. The van der Waals surface area contributed by atoms with Crippen molar-refractivity contribution in [3.63, 3.8) is 0 Å². The lowest BCUT2D eigenvalue weighted by Crippen LogP contribution is -2.24. The van der Waals surface area contributed by atoms with Gasteiger partial charge in [0.15, 0.2) is 0 Å². The molecule has 1 fully saturated rings. The molecule has 1 aliphatic heterocycles. The third-order valence-corrected chi connectivity index (χ3v) is 3.15. The summed E-state index contributed by atoms with van der Waals surface area (Å²) in [7, 11) is 0. The molecule has 6 nitrogen and oxygen atoms in total. The van der Waals surface area contributed by atoms with Crippen LogP contribution < -0.4 is 4.90 Å². The summed E-state index contributed by atoms with van der Waals surface area (Å²) >= 11 is 5.97. The molecule has 0 saturated carbocycles. The van der Waals surface area contributed by atoms with E-state index in [1.165, 1.54) is 0 Å². The highest BCUT2D eigenvalue weighted by molar-refractivity contribution is 6.24. The minimum absolute atomic E-state index is 0.0577. The van der Waals surface area contributed by atoms with Crippen molar-refractivity contribution in [1.82, 2.24) is 20.6 Å². The Kier molecular flexibility index (Phi) is 2.71. The molecule has 1 saturated heterocycles. The van der Waals surface area contributed by atoms with Crippen LogP contribution in [0.5, 0.6) is 0 Å². The molecule has 1 aliphatic rings. The van der Waals surface area contributed by atoms with Gasteiger partial charge in [-0.1, -0.05) is 0 Å². The maximum Gasteiger partial charge on any atom is 0.228 e. The number of carbonyl (C=O) groups excluding carboxylic acids is 1. The highest BCUT2D eigenvalue weighted by Gasteiger charge is 2.28. The van der Waals surface area contributed by atoms with E-state index in [0.29, 0.717) is 18.8 Å². The van der Waals surface area contributed by atoms with Crippen LogP contribution in [0.15, 0.2) is 24.3 Å². The number of nitrogens with one attached hydrogen (secondary N) is 1. The maximum absolute atomic E-state index is 11.7. The van der Waals surface area contributed by atoms with Crippen molar-refractivity contribution >= 4 is 23.2 Å². The number of tetrazole rings is 1. The third-order valence-electron chi connectivity index (χ3n) is 2.86. The van der Waals surface area contributed by atoms with Gasteiger partial charge < -0.3 is 4.90 Å². The maximum atomic E-state index is 11.7. The summed E-state index contributed by atoms with van der Waals surface area (Å²) in [6, 6.07) is 7.43. The van der Waals surface area contributed by atoms with Gasteiger partial charge in [-0.3, -0.25) is 4.79 Å². The lowest BCUT2D eigenvalue weighted by Gasteiger charge is -2.15. The topological polar surface area (TPSA) is 74.8 Å². The van der Waals surface area contributed by atoms with Gasteiger partial charge in [0, 0.05) is 24.2 Å². The van der Waals surface area contributed by atoms with Crippen molar-refractivity contribution in [2.45, 2.75) is 11.8 Å². The summed E-state index contributed by atoms with van der Waals surface area (Å²) in [5.74, 6) is 0.590. The normalized spacial score (nSPS) is 19.5. The van der Waals surface area contributed by atoms with Crippen LogP contribution in [0.25, 0.3) is 11.4 Å². The molecule has 0 spiro atoms. The number of H-pyrrole nitrogens is 1. The van der Waals surface area contributed by atoms with Crippen LogP contribution in [0.3, 0.4) is 0 Å². The van der Waals surface area contributed by atoms with E-state index in [4.69, 9.17) is 11.6 Å². The van der Waals surface area contributed by atoms with Crippen molar-refractivity contribution < 1.29 is 4.79 Å². The van der Waals surface area contributed by atoms with Gasteiger partial charge in [0.1, 0.15) is 0 Å². The first kappa shape index (κ1) is 11.2. The van der Waals surface area contributed by atoms with Crippen molar-refractivity contribution in [3.05, 3.63) is 24.3 Å². The number of hydrogen-bond acceptors (Lipinski definition) is 4. The zero-order valence-corrected chi connectivity index (χ0v) is 10.1. The first-order valence-electron chi connectivity index (χ1n) is 5.52. The number of aromatic nitrogens is 4. The lowest BCUT2D eigenvalue weighted by atomic mass is 10.2. The van der Waals surface area contributed by atoms with Crippen LogP contribution >= 0.6 is 11.6 Å². The summed E-state index contributed by atoms with van der Waals surface area (Å²) < 4.78 is 0. The standard InChI is InChI=1S/C11H10ClN5O/c12-8-5-10(18)17(6-8)9-3-1-7(2-4-9)11-13-15-16-14-11/h1-4,8H,5-6H2,(H,13,14,15,16). The van der Waals surface area contributed by atoms with Crippen LogP contribution in [-0.4, -0.2) is 38.5 Å². The highest BCUT2D eigenvalue weighted by atomic mass is 35.5. The number of carbonyl (C=O) groups is 1. The second kappa shape index (κ2) is 4.38. The number of rotatable bonds is 2. The molecule has 0 aliphatic carbocycles. The largest absolute Gasteiger partial charge is 0.311 e. The monoisotopic (exact) mass is 263 g/mol. The number of hydrogen-bond donors (Lipinski definition) is 1. The van der Waals surface area contributed by atoms with Crippen molar-refractivity contribution in [1.29, 1.82) is 0 Å². The van der Waals surface area contributed by atoms with Crippen molar-refractivity contribution in [2.75, 3.05) is 11.4 Å². The average molecular weight is 264 g/mol. The Balaban J connectivity index is 1.85. The Hall–Kier alpha value is -1.95. The van der Waals surface area contributed by atoms with E-state index in [1.807, 2.05) is 24.3 Å². The van der Waals surface area contributed by atoms with E-state index < -0.39 is 0 Å². The number of benzene rings is 1. The van der Waals surface area contributed by atoms with Crippen LogP contribution in [0.1, 0.15) is 6.42 Å². The summed E-state index contributed by atoms with van der Waals surface area (Å²) in [5.41, 5.74) is 1.69. The first-order chi connectivity index (χ1) is 8.74. The Morgan fingerprint density at radius 2 is 2.11 bits per heavy atom. The van der Waals surface area contributed by atoms with E-state index >= 15 is 0 Å². The molecule has 2 aromatic rings. The van der Waals surface area contributed by atoms with Gasteiger partial charge in [0.05, 0.1) is 5.38 Å². The van der Waals surface area contributed by atoms with Gasteiger partial charge in [0.2, 0.25) is 11.7 Å². The highest BCUT2D eigenvalue weighted by Crippen LogP contribution is 2.26. The Labute approximate surface area is 108 Å². The molecule has 1 aromatic heterocycles. The number of amides is 1. The van der Waals surface area contributed by atoms with Crippen molar-refractivity contribution in [2.24, 2.45) is 0 Å². The number of halogens is 1. The van der Waals surface area contributed by atoms with Gasteiger partial charge in [0.25, 0.3) is 0 Å². The molecule has 18 heavy (non-hydrogen) atoms. The molecule has 1 amide bonds. The van der Waals surface area contributed by atoms with Gasteiger partial charge in [-0.25, -0.2) is 0 Å². The van der Waals surface area contributed by atoms with Gasteiger partial charge in [-0.2, -0.15) is 5.21 Å². The molecule has 0 bridgehead atoms. The minimum atomic E-state index is -0.102. The first-order valence-corrected chi connectivity index (χ1v) is 5.96. The quantitative estimate of drug-likeness (QED) is 0.827. The second-order valence-corrected chi connectivity index (χ2v) is 4.71. The van der Waals surface area contributed by atoms with E-state index in [2.05, 4.69) is 20.6 Å². The fourth-order valence-electron chi connectivity index (χ4n) is 1.99. The molecule has 1 aromatic carbocycles. The minimum Gasteiger partial charge on any atom is -0.311 e. The predicted octanol–water partition coefficient (Wildman–Crippen LogP) is 1.21. The molecule has 1 unspecified atom stereocenters. The van der Waals surface area contributed by atoms with Gasteiger partial charge in [-0.05, 0) is 29.5 Å².